The largest absolute Gasteiger partial charge is 0.496 e. The van der Waals surface area contributed by atoms with Crippen LogP contribution in [0.4, 0.5) is 0 Å². The zero-order chi connectivity index (χ0) is 13.8. The highest BCUT2D eigenvalue weighted by Gasteiger charge is 2.14. The minimum atomic E-state index is -0.0311. The van der Waals surface area contributed by atoms with Crippen molar-refractivity contribution in [1.82, 2.24) is 15.2 Å². The van der Waals surface area contributed by atoms with Crippen molar-refractivity contribution in [2.75, 3.05) is 7.11 Å². The number of hydrogen-bond acceptors (Lipinski definition) is 5. The van der Waals surface area contributed by atoms with Crippen LogP contribution in [0, 0.1) is 13.8 Å². The number of rotatable bonds is 4. The zero-order valence-electron chi connectivity index (χ0n) is 11.2. The standard InChI is InChI=1S/C14H15N3O2/c1-9-7-15-12(10(2)14(9)19-3)6-13(18)11-4-5-16-17-8-11/h4-5,7-8H,6H2,1-3H3. The number of methoxy groups -OCH3 is 1. The van der Waals surface area contributed by atoms with Gasteiger partial charge in [-0.15, -0.1) is 0 Å². The van der Waals surface area contributed by atoms with Gasteiger partial charge in [0.25, 0.3) is 0 Å². The van der Waals surface area contributed by atoms with Crippen molar-refractivity contribution in [2.24, 2.45) is 0 Å². The summed E-state index contributed by atoms with van der Waals surface area (Å²) in [5.41, 5.74) is 3.12. The Morgan fingerprint density at radius 3 is 2.68 bits per heavy atom. The molecule has 0 unspecified atom stereocenters. The molecule has 2 heterocycles. The lowest BCUT2D eigenvalue weighted by atomic mass is 10.0. The Balaban J connectivity index is 2.27. The van der Waals surface area contributed by atoms with Crippen LogP contribution in [0.5, 0.6) is 5.75 Å². The van der Waals surface area contributed by atoms with Gasteiger partial charge in [-0.3, -0.25) is 9.78 Å². The summed E-state index contributed by atoms with van der Waals surface area (Å²) >= 11 is 0. The molecule has 0 saturated carbocycles. The quantitative estimate of drug-likeness (QED) is 0.783. The van der Waals surface area contributed by atoms with Crippen LogP contribution < -0.4 is 4.74 Å². The average molecular weight is 257 g/mol. The van der Waals surface area contributed by atoms with Gasteiger partial charge >= 0.3 is 0 Å². The number of Topliss-reactive ketones (excluding diaryl/α,β-unsaturated/α-hetero) is 1. The molecule has 2 aromatic rings. The van der Waals surface area contributed by atoms with Crippen LogP contribution in [0.25, 0.3) is 0 Å². The summed E-state index contributed by atoms with van der Waals surface area (Å²) in [5.74, 6) is 0.752. The second-order valence-corrected chi connectivity index (χ2v) is 4.28. The number of carbonyl (C=O) groups is 1. The number of pyridine rings is 1. The van der Waals surface area contributed by atoms with E-state index in [1.165, 1.54) is 12.4 Å². The van der Waals surface area contributed by atoms with Crippen LogP contribution in [0.1, 0.15) is 27.2 Å². The molecule has 0 aliphatic carbocycles. The van der Waals surface area contributed by atoms with E-state index in [1.54, 1.807) is 19.4 Å². The molecule has 0 radical (unpaired) electrons. The van der Waals surface area contributed by atoms with Gasteiger partial charge in [-0.2, -0.15) is 10.2 Å². The fourth-order valence-corrected chi connectivity index (χ4v) is 1.96. The molecule has 0 N–H and O–H groups in total. The smallest absolute Gasteiger partial charge is 0.170 e. The second-order valence-electron chi connectivity index (χ2n) is 4.28. The normalized spacial score (nSPS) is 10.3. The number of ether oxygens (including phenoxy) is 1. The van der Waals surface area contributed by atoms with E-state index in [0.29, 0.717) is 5.56 Å². The fourth-order valence-electron chi connectivity index (χ4n) is 1.96. The molecule has 98 valence electrons. The maximum absolute atomic E-state index is 12.1. The van der Waals surface area contributed by atoms with Crippen molar-refractivity contribution in [3.63, 3.8) is 0 Å². The topological polar surface area (TPSA) is 65.0 Å². The lowest BCUT2D eigenvalue weighted by Gasteiger charge is -2.11. The van der Waals surface area contributed by atoms with Crippen molar-refractivity contribution < 1.29 is 9.53 Å². The zero-order valence-corrected chi connectivity index (χ0v) is 11.2. The predicted octanol–water partition coefficient (Wildman–Crippen LogP) is 1.92. The molecule has 0 amide bonds. The first-order chi connectivity index (χ1) is 9.13. The van der Waals surface area contributed by atoms with Gasteiger partial charge in [-0.1, -0.05) is 0 Å². The van der Waals surface area contributed by atoms with Crippen molar-refractivity contribution in [2.45, 2.75) is 20.3 Å². The first-order valence-corrected chi connectivity index (χ1v) is 5.92. The van der Waals surface area contributed by atoms with E-state index in [-0.39, 0.29) is 12.2 Å². The summed E-state index contributed by atoms with van der Waals surface area (Å²) in [5, 5.41) is 7.36. The Kier molecular flexibility index (Phi) is 3.85. The molecule has 0 saturated heterocycles. The summed E-state index contributed by atoms with van der Waals surface area (Å²) in [4.78, 5) is 16.4. The van der Waals surface area contributed by atoms with Crippen LogP contribution in [0.15, 0.2) is 24.7 Å². The first-order valence-electron chi connectivity index (χ1n) is 5.92. The summed E-state index contributed by atoms with van der Waals surface area (Å²) in [6, 6.07) is 1.65. The van der Waals surface area contributed by atoms with Crippen LogP contribution >= 0.6 is 0 Å². The minimum absolute atomic E-state index is 0.0311. The van der Waals surface area contributed by atoms with E-state index in [4.69, 9.17) is 4.74 Å². The number of ketones is 1. The van der Waals surface area contributed by atoms with E-state index in [2.05, 4.69) is 15.2 Å². The lowest BCUT2D eigenvalue weighted by molar-refractivity contribution is 0.0991. The molecular weight excluding hydrogens is 242 g/mol. The molecule has 2 aromatic heterocycles. The third-order valence-electron chi connectivity index (χ3n) is 2.98. The third-order valence-corrected chi connectivity index (χ3v) is 2.98. The van der Waals surface area contributed by atoms with E-state index >= 15 is 0 Å². The molecule has 19 heavy (non-hydrogen) atoms. The minimum Gasteiger partial charge on any atom is -0.496 e. The van der Waals surface area contributed by atoms with E-state index in [9.17, 15) is 4.79 Å². The van der Waals surface area contributed by atoms with Crippen molar-refractivity contribution >= 4 is 5.78 Å². The summed E-state index contributed by atoms with van der Waals surface area (Å²) in [6.07, 6.45) is 4.92. The Morgan fingerprint density at radius 1 is 1.26 bits per heavy atom. The van der Waals surface area contributed by atoms with Crippen LogP contribution in [0.3, 0.4) is 0 Å². The number of hydrogen-bond donors (Lipinski definition) is 0. The lowest BCUT2D eigenvalue weighted by Crippen LogP contribution is -2.08. The highest BCUT2D eigenvalue weighted by Crippen LogP contribution is 2.24. The van der Waals surface area contributed by atoms with Gasteiger partial charge in [-0.05, 0) is 19.9 Å². The molecule has 0 bridgehead atoms. The highest BCUT2D eigenvalue weighted by atomic mass is 16.5. The number of aryl methyl sites for hydroxylation is 1. The fraction of sp³-hybridized carbons (Fsp3) is 0.286. The van der Waals surface area contributed by atoms with E-state index < -0.39 is 0 Å². The third kappa shape index (κ3) is 2.76. The van der Waals surface area contributed by atoms with Gasteiger partial charge in [0.15, 0.2) is 5.78 Å². The molecule has 0 aromatic carbocycles. The van der Waals surface area contributed by atoms with E-state index in [0.717, 1.165) is 22.6 Å². The summed E-state index contributed by atoms with van der Waals surface area (Å²) < 4.78 is 5.33. The van der Waals surface area contributed by atoms with Crippen LogP contribution in [-0.4, -0.2) is 28.1 Å². The number of carbonyl (C=O) groups excluding carboxylic acids is 1. The van der Waals surface area contributed by atoms with Crippen LogP contribution in [0.2, 0.25) is 0 Å². The van der Waals surface area contributed by atoms with Crippen molar-refractivity contribution in [3.05, 3.63) is 47.0 Å². The molecule has 0 atom stereocenters. The monoisotopic (exact) mass is 257 g/mol. The summed E-state index contributed by atoms with van der Waals surface area (Å²) in [6.45, 7) is 3.84. The highest BCUT2D eigenvalue weighted by molar-refractivity contribution is 5.97. The van der Waals surface area contributed by atoms with Gasteiger partial charge in [0.2, 0.25) is 0 Å². The average Bonchev–Trinajstić information content (AvgIpc) is 2.43. The molecule has 0 aliphatic heterocycles. The Morgan fingerprint density at radius 2 is 2.05 bits per heavy atom. The first kappa shape index (κ1) is 13.1. The van der Waals surface area contributed by atoms with E-state index in [1.807, 2.05) is 13.8 Å². The molecule has 2 rings (SSSR count). The van der Waals surface area contributed by atoms with Crippen molar-refractivity contribution in [3.8, 4) is 5.75 Å². The van der Waals surface area contributed by atoms with Gasteiger partial charge in [-0.25, -0.2) is 0 Å². The Hall–Kier alpha value is -2.30. The SMILES string of the molecule is COc1c(C)cnc(CC(=O)c2ccnnc2)c1C. The van der Waals surface area contributed by atoms with Gasteiger partial charge < -0.3 is 4.74 Å². The molecule has 0 aliphatic rings. The maximum atomic E-state index is 12.1. The van der Waals surface area contributed by atoms with Gasteiger partial charge in [0.05, 0.1) is 31.6 Å². The molecule has 5 nitrogen and oxygen atoms in total. The Labute approximate surface area is 111 Å². The molecule has 5 heteroatoms. The number of nitrogens with zero attached hydrogens (tertiary/aromatic N) is 3. The summed E-state index contributed by atoms with van der Waals surface area (Å²) in [7, 11) is 1.62. The van der Waals surface area contributed by atoms with Gasteiger partial charge in [0, 0.05) is 22.9 Å². The maximum Gasteiger partial charge on any atom is 0.170 e. The van der Waals surface area contributed by atoms with Crippen molar-refractivity contribution in [1.29, 1.82) is 0 Å². The number of aromatic nitrogens is 3. The molecule has 0 spiro atoms. The molecular formula is C14H15N3O2. The van der Waals surface area contributed by atoms with Gasteiger partial charge in [0.1, 0.15) is 5.75 Å². The Bertz CT molecular complexity index is 597. The predicted molar refractivity (Wildman–Crippen MR) is 70.3 cm³/mol. The molecule has 0 fully saturated rings. The second kappa shape index (κ2) is 5.56. The van der Waals surface area contributed by atoms with Crippen LogP contribution in [-0.2, 0) is 6.42 Å².